The first kappa shape index (κ1) is 10.2. The summed E-state index contributed by atoms with van der Waals surface area (Å²) in [6, 6.07) is 9.24. The Morgan fingerprint density at radius 2 is 2.20 bits per heavy atom. The molecule has 1 aromatic heterocycles. The van der Waals surface area contributed by atoms with E-state index in [0.717, 1.165) is 9.13 Å². The number of halogens is 1. The summed E-state index contributed by atoms with van der Waals surface area (Å²) < 4.78 is 1.09. The fraction of sp³-hybridized carbons (Fsp3) is 0. The first-order chi connectivity index (χ1) is 7.16. The zero-order valence-electron chi connectivity index (χ0n) is 7.57. The molecule has 0 aliphatic rings. The molecule has 4 nitrogen and oxygen atoms in total. The first-order valence-corrected chi connectivity index (χ1v) is 5.29. The van der Waals surface area contributed by atoms with E-state index in [-0.39, 0.29) is 5.69 Å². The van der Waals surface area contributed by atoms with E-state index in [4.69, 9.17) is 5.11 Å². The minimum absolute atomic E-state index is 0.101. The molecule has 0 fully saturated rings. The van der Waals surface area contributed by atoms with Crippen molar-refractivity contribution in [3.63, 3.8) is 0 Å². The number of carboxylic acid groups (broad SMARTS) is 1. The van der Waals surface area contributed by atoms with Gasteiger partial charge in [-0.15, -0.1) is 0 Å². The average molecular weight is 314 g/mol. The van der Waals surface area contributed by atoms with Gasteiger partial charge in [0.1, 0.15) is 5.69 Å². The fourth-order valence-corrected chi connectivity index (χ4v) is 1.77. The van der Waals surface area contributed by atoms with Gasteiger partial charge >= 0.3 is 5.97 Å². The molecule has 0 spiro atoms. The van der Waals surface area contributed by atoms with Gasteiger partial charge in [-0.2, -0.15) is 5.10 Å². The standard InChI is InChI=1S/C10H7IN2O2/c11-7-3-1-2-6(4-7)8-5-9(10(14)15)13-12-8/h1-5H,(H,12,13)(H,14,15). The zero-order valence-corrected chi connectivity index (χ0v) is 9.72. The fourth-order valence-electron chi connectivity index (χ4n) is 1.23. The monoisotopic (exact) mass is 314 g/mol. The van der Waals surface area contributed by atoms with Gasteiger partial charge in [0.2, 0.25) is 0 Å². The molecule has 1 heterocycles. The van der Waals surface area contributed by atoms with Gasteiger partial charge in [-0.05, 0) is 40.8 Å². The molecule has 1 aromatic carbocycles. The Bertz CT molecular complexity index is 508. The van der Waals surface area contributed by atoms with Crippen molar-refractivity contribution in [1.29, 1.82) is 0 Å². The van der Waals surface area contributed by atoms with Crippen molar-refractivity contribution in [1.82, 2.24) is 10.2 Å². The zero-order chi connectivity index (χ0) is 10.8. The van der Waals surface area contributed by atoms with Crippen molar-refractivity contribution in [3.05, 3.63) is 39.6 Å². The Morgan fingerprint density at radius 3 is 2.80 bits per heavy atom. The number of aromatic nitrogens is 2. The normalized spacial score (nSPS) is 10.2. The summed E-state index contributed by atoms with van der Waals surface area (Å²) in [5, 5.41) is 15.1. The Labute approximate surface area is 99.5 Å². The van der Waals surface area contributed by atoms with E-state index >= 15 is 0 Å². The second-order valence-electron chi connectivity index (χ2n) is 2.98. The highest BCUT2D eigenvalue weighted by molar-refractivity contribution is 14.1. The van der Waals surface area contributed by atoms with Crippen molar-refractivity contribution >= 4 is 28.6 Å². The summed E-state index contributed by atoms with van der Waals surface area (Å²) in [7, 11) is 0. The van der Waals surface area contributed by atoms with Crippen LogP contribution in [0, 0.1) is 3.57 Å². The molecule has 0 amide bonds. The molecule has 0 unspecified atom stereocenters. The lowest BCUT2D eigenvalue weighted by Crippen LogP contribution is -1.95. The highest BCUT2D eigenvalue weighted by Crippen LogP contribution is 2.19. The van der Waals surface area contributed by atoms with E-state index in [1.807, 2.05) is 24.3 Å². The molecule has 0 saturated carbocycles. The van der Waals surface area contributed by atoms with E-state index in [9.17, 15) is 4.79 Å². The molecule has 0 atom stereocenters. The molecule has 0 radical (unpaired) electrons. The van der Waals surface area contributed by atoms with Crippen LogP contribution in [0.25, 0.3) is 11.3 Å². The smallest absolute Gasteiger partial charge is 0.353 e. The Morgan fingerprint density at radius 1 is 1.40 bits per heavy atom. The topological polar surface area (TPSA) is 66.0 Å². The Hall–Kier alpha value is -1.37. The number of hydrogen-bond donors (Lipinski definition) is 2. The predicted octanol–water partition coefficient (Wildman–Crippen LogP) is 2.38. The second kappa shape index (κ2) is 4.01. The molecule has 0 aliphatic heterocycles. The quantitative estimate of drug-likeness (QED) is 0.837. The lowest BCUT2D eigenvalue weighted by Gasteiger charge is -1.95. The second-order valence-corrected chi connectivity index (χ2v) is 4.23. The molecular weight excluding hydrogens is 307 g/mol. The van der Waals surface area contributed by atoms with Crippen LogP contribution in [0.5, 0.6) is 0 Å². The van der Waals surface area contributed by atoms with Gasteiger partial charge in [-0.3, -0.25) is 5.10 Å². The maximum Gasteiger partial charge on any atom is 0.353 e. The largest absolute Gasteiger partial charge is 0.477 e. The van der Waals surface area contributed by atoms with Crippen molar-refractivity contribution in [3.8, 4) is 11.3 Å². The van der Waals surface area contributed by atoms with Gasteiger partial charge in [0.15, 0.2) is 0 Å². The maximum atomic E-state index is 10.6. The number of nitrogens with one attached hydrogen (secondary N) is 1. The van der Waals surface area contributed by atoms with Gasteiger partial charge in [0.05, 0.1) is 5.69 Å². The highest BCUT2D eigenvalue weighted by Gasteiger charge is 2.08. The number of hydrogen-bond acceptors (Lipinski definition) is 2. The van der Waals surface area contributed by atoms with Crippen LogP contribution in [-0.4, -0.2) is 21.3 Å². The van der Waals surface area contributed by atoms with E-state index in [1.165, 1.54) is 6.07 Å². The van der Waals surface area contributed by atoms with Crippen LogP contribution in [0.1, 0.15) is 10.5 Å². The Balaban J connectivity index is 2.41. The lowest BCUT2D eigenvalue weighted by atomic mass is 10.1. The predicted molar refractivity (Wildman–Crippen MR) is 63.7 cm³/mol. The molecule has 76 valence electrons. The van der Waals surface area contributed by atoms with Crippen molar-refractivity contribution < 1.29 is 9.90 Å². The van der Waals surface area contributed by atoms with Gasteiger partial charge in [0, 0.05) is 9.13 Å². The number of rotatable bonds is 2. The summed E-state index contributed by atoms with van der Waals surface area (Å²) in [5.74, 6) is -1.00. The van der Waals surface area contributed by atoms with Crippen LogP contribution in [0.3, 0.4) is 0 Å². The molecule has 2 aromatic rings. The first-order valence-electron chi connectivity index (χ1n) is 4.21. The molecule has 15 heavy (non-hydrogen) atoms. The summed E-state index contributed by atoms with van der Waals surface area (Å²) in [6.07, 6.45) is 0. The van der Waals surface area contributed by atoms with Crippen LogP contribution < -0.4 is 0 Å². The van der Waals surface area contributed by atoms with Crippen LogP contribution >= 0.6 is 22.6 Å². The third-order valence-electron chi connectivity index (χ3n) is 1.93. The summed E-state index contributed by atoms with van der Waals surface area (Å²) in [6.45, 7) is 0. The summed E-state index contributed by atoms with van der Waals surface area (Å²) in [5.41, 5.74) is 1.65. The van der Waals surface area contributed by atoms with Gasteiger partial charge in [-0.1, -0.05) is 12.1 Å². The van der Waals surface area contributed by atoms with E-state index < -0.39 is 5.97 Å². The van der Waals surface area contributed by atoms with Crippen molar-refractivity contribution in [2.75, 3.05) is 0 Å². The van der Waals surface area contributed by atoms with E-state index in [1.54, 1.807) is 0 Å². The molecular formula is C10H7IN2O2. The van der Waals surface area contributed by atoms with Crippen molar-refractivity contribution in [2.24, 2.45) is 0 Å². The van der Waals surface area contributed by atoms with Gasteiger partial charge < -0.3 is 5.11 Å². The number of benzene rings is 1. The summed E-state index contributed by atoms with van der Waals surface area (Å²) >= 11 is 2.20. The molecule has 2 rings (SSSR count). The van der Waals surface area contributed by atoms with Crippen LogP contribution in [-0.2, 0) is 0 Å². The van der Waals surface area contributed by atoms with Crippen LogP contribution in [0.4, 0.5) is 0 Å². The average Bonchev–Trinajstić information content (AvgIpc) is 2.66. The van der Waals surface area contributed by atoms with Crippen molar-refractivity contribution in [2.45, 2.75) is 0 Å². The third-order valence-corrected chi connectivity index (χ3v) is 2.60. The number of carboxylic acids is 1. The van der Waals surface area contributed by atoms with Gasteiger partial charge in [-0.25, -0.2) is 4.79 Å². The minimum atomic E-state index is -1.00. The van der Waals surface area contributed by atoms with E-state index in [0.29, 0.717) is 5.69 Å². The number of carbonyl (C=O) groups is 1. The number of H-pyrrole nitrogens is 1. The molecule has 0 bridgehead atoms. The SMILES string of the molecule is O=C(O)c1cc(-c2cccc(I)c2)n[nH]1. The number of aromatic amines is 1. The molecule has 0 saturated heterocycles. The number of nitrogens with zero attached hydrogens (tertiary/aromatic N) is 1. The molecule has 5 heteroatoms. The molecule has 2 N–H and O–H groups in total. The molecule has 0 aliphatic carbocycles. The highest BCUT2D eigenvalue weighted by atomic mass is 127. The van der Waals surface area contributed by atoms with Crippen LogP contribution in [0.15, 0.2) is 30.3 Å². The van der Waals surface area contributed by atoms with Crippen LogP contribution in [0.2, 0.25) is 0 Å². The van der Waals surface area contributed by atoms with Gasteiger partial charge in [0.25, 0.3) is 0 Å². The maximum absolute atomic E-state index is 10.6. The summed E-state index contributed by atoms with van der Waals surface area (Å²) in [4.78, 5) is 10.6. The Kier molecular flexibility index (Phi) is 2.72. The number of aromatic carboxylic acids is 1. The minimum Gasteiger partial charge on any atom is -0.477 e. The lowest BCUT2D eigenvalue weighted by molar-refractivity contribution is 0.0690. The van der Waals surface area contributed by atoms with E-state index in [2.05, 4.69) is 32.8 Å². The third kappa shape index (κ3) is 2.17.